The second-order valence-electron chi connectivity index (χ2n) is 4.57. The number of benzene rings is 1. The molecule has 1 saturated heterocycles. The van der Waals surface area contributed by atoms with Gasteiger partial charge >= 0.3 is 0 Å². The molecule has 0 bridgehead atoms. The molecule has 1 aliphatic heterocycles. The Morgan fingerprint density at radius 1 is 1.30 bits per heavy atom. The Kier molecular flexibility index (Phi) is 5.11. The maximum Gasteiger partial charge on any atom is 0.257 e. The molecular formula is C14H18ClN3O2. The summed E-state index contributed by atoms with van der Waals surface area (Å²) in [5, 5.41) is 7.27. The number of hydrogen-bond donors (Lipinski definition) is 1. The van der Waals surface area contributed by atoms with Crippen molar-refractivity contribution in [3.8, 4) is 11.4 Å². The Balaban J connectivity index is 0.00000147. The van der Waals surface area contributed by atoms with E-state index in [2.05, 4.69) is 34.5 Å². The molecule has 1 atom stereocenters. The summed E-state index contributed by atoms with van der Waals surface area (Å²) in [6, 6.07) is 8.22. The van der Waals surface area contributed by atoms with Crippen molar-refractivity contribution in [2.24, 2.45) is 0 Å². The van der Waals surface area contributed by atoms with E-state index in [1.165, 1.54) is 5.56 Å². The second-order valence-corrected chi connectivity index (χ2v) is 4.57. The molecule has 2 aromatic rings. The minimum Gasteiger partial charge on any atom is -0.366 e. The van der Waals surface area contributed by atoms with Gasteiger partial charge < -0.3 is 14.6 Å². The molecule has 0 unspecified atom stereocenters. The lowest BCUT2D eigenvalue weighted by Gasteiger charge is -2.19. The quantitative estimate of drug-likeness (QED) is 0.942. The van der Waals surface area contributed by atoms with Crippen LogP contribution in [0.1, 0.15) is 24.5 Å². The number of hydrogen-bond acceptors (Lipinski definition) is 5. The van der Waals surface area contributed by atoms with Gasteiger partial charge in [0, 0.05) is 18.7 Å². The van der Waals surface area contributed by atoms with Crippen molar-refractivity contribution < 1.29 is 9.26 Å². The average molecular weight is 296 g/mol. The molecule has 2 heterocycles. The zero-order valence-electron chi connectivity index (χ0n) is 11.3. The average Bonchev–Trinajstić information content (AvgIpc) is 2.98. The van der Waals surface area contributed by atoms with Crippen LogP contribution in [-0.4, -0.2) is 29.8 Å². The number of nitrogens with zero attached hydrogens (tertiary/aromatic N) is 2. The van der Waals surface area contributed by atoms with E-state index in [1.807, 2.05) is 12.1 Å². The smallest absolute Gasteiger partial charge is 0.257 e. The topological polar surface area (TPSA) is 60.2 Å². The van der Waals surface area contributed by atoms with Crippen molar-refractivity contribution >= 4 is 12.4 Å². The van der Waals surface area contributed by atoms with E-state index in [9.17, 15) is 0 Å². The molecule has 3 rings (SSSR count). The van der Waals surface area contributed by atoms with Crippen LogP contribution in [0, 0.1) is 0 Å². The van der Waals surface area contributed by atoms with E-state index >= 15 is 0 Å². The third-order valence-corrected chi connectivity index (χ3v) is 3.27. The third kappa shape index (κ3) is 3.17. The van der Waals surface area contributed by atoms with Crippen LogP contribution < -0.4 is 5.32 Å². The molecule has 1 aromatic carbocycles. The van der Waals surface area contributed by atoms with Gasteiger partial charge in [-0.15, -0.1) is 12.4 Å². The monoisotopic (exact) mass is 295 g/mol. The van der Waals surface area contributed by atoms with Crippen molar-refractivity contribution in [1.82, 2.24) is 15.5 Å². The number of halogens is 1. The highest BCUT2D eigenvalue weighted by atomic mass is 35.5. The molecule has 1 N–H and O–H groups in total. The molecule has 20 heavy (non-hydrogen) atoms. The molecule has 108 valence electrons. The predicted molar refractivity (Wildman–Crippen MR) is 77.9 cm³/mol. The molecule has 1 aliphatic rings. The summed E-state index contributed by atoms with van der Waals surface area (Å²) in [7, 11) is 0. The van der Waals surface area contributed by atoms with Crippen molar-refractivity contribution in [1.29, 1.82) is 0 Å². The summed E-state index contributed by atoms with van der Waals surface area (Å²) in [6.45, 7) is 4.40. The molecule has 0 radical (unpaired) electrons. The van der Waals surface area contributed by atoms with Gasteiger partial charge in [-0.2, -0.15) is 4.98 Å². The largest absolute Gasteiger partial charge is 0.366 e. The van der Waals surface area contributed by atoms with E-state index in [1.54, 1.807) is 0 Å². The third-order valence-electron chi connectivity index (χ3n) is 3.27. The van der Waals surface area contributed by atoms with Crippen molar-refractivity contribution in [2.75, 3.05) is 19.7 Å². The molecule has 5 nitrogen and oxygen atoms in total. The van der Waals surface area contributed by atoms with E-state index < -0.39 is 0 Å². The van der Waals surface area contributed by atoms with Crippen LogP contribution in [0.25, 0.3) is 11.4 Å². The number of ether oxygens (including phenoxy) is 1. The van der Waals surface area contributed by atoms with Gasteiger partial charge in [0.15, 0.2) is 0 Å². The van der Waals surface area contributed by atoms with Gasteiger partial charge in [-0.1, -0.05) is 36.3 Å². The lowest BCUT2D eigenvalue weighted by atomic mass is 10.1. The molecule has 0 spiro atoms. The molecule has 1 fully saturated rings. The van der Waals surface area contributed by atoms with Gasteiger partial charge in [0.05, 0.1) is 6.61 Å². The van der Waals surface area contributed by atoms with Crippen LogP contribution in [0.15, 0.2) is 28.8 Å². The Bertz CT molecular complexity index is 536. The SMILES string of the molecule is CCc1ccc(-c2noc([C@H]3CNCCO3)n2)cc1.Cl. The van der Waals surface area contributed by atoms with Crippen molar-refractivity contribution in [3.63, 3.8) is 0 Å². The van der Waals surface area contributed by atoms with Crippen molar-refractivity contribution in [3.05, 3.63) is 35.7 Å². The van der Waals surface area contributed by atoms with Crippen LogP contribution in [-0.2, 0) is 11.2 Å². The van der Waals surface area contributed by atoms with E-state index in [4.69, 9.17) is 9.26 Å². The predicted octanol–water partition coefficient (Wildman–Crippen LogP) is 2.38. The van der Waals surface area contributed by atoms with E-state index in [0.717, 1.165) is 25.1 Å². The number of morpholine rings is 1. The first-order chi connectivity index (χ1) is 9.36. The highest BCUT2D eigenvalue weighted by Gasteiger charge is 2.22. The van der Waals surface area contributed by atoms with E-state index in [-0.39, 0.29) is 18.5 Å². The number of nitrogens with one attached hydrogen (secondary N) is 1. The molecule has 1 aromatic heterocycles. The fraction of sp³-hybridized carbons (Fsp3) is 0.429. The molecule has 0 aliphatic carbocycles. The van der Waals surface area contributed by atoms with E-state index in [0.29, 0.717) is 18.3 Å². The normalized spacial score (nSPS) is 18.6. The second kappa shape index (κ2) is 6.83. The minimum atomic E-state index is -0.134. The Morgan fingerprint density at radius 2 is 2.10 bits per heavy atom. The highest BCUT2D eigenvalue weighted by molar-refractivity contribution is 5.85. The molecule has 0 saturated carbocycles. The molecule has 6 heteroatoms. The zero-order valence-corrected chi connectivity index (χ0v) is 12.2. The maximum absolute atomic E-state index is 5.59. The van der Waals surface area contributed by atoms with Gasteiger partial charge in [-0.05, 0) is 12.0 Å². The van der Waals surface area contributed by atoms with Crippen molar-refractivity contribution in [2.45, 2.75) is 19.4 Å². The zero-order chi connectivity index (χ0) is 13.1. The van der Waals surface area contributed by atoms with Crippen LogP contribution in [0.2, 0.25) is 0 Å². The van der Waals surface area contributed by atoms with Gasteiger partial charge in [-0.25, -0.2) is 0 Å². The Morgan fingerprint density at radius 3 is 2.75 bits per heavy atom. The van der Waals surface area contributed by atoms with Gasteiger partial charge in [0.2, 0.25) is 5.82 Å². The van der Waals surface area contributed by atoms with Gasteiger partial charge in [0.1, 0.15) is 6.10 Å². The fourth-order valence-corrected chi connectivity index (χ4v) is 2.10. The highest BCUT2D eigenvalue weighted by Crippen LogP contribution is 2.21. The van der Waals surface area contributed by atoms with Crippen LogP contribution >= 0.6 is 12.4 Å². The van der Waals surface area contributed by atoms with Crippen LogP contribution in [0.5, 0.6) is 0 Å². The minimum absolute atomic E-state index is 0. The number of aryl methyl sites for hydroxylation is 1. The standard InChI is InChI=1S/C14H17N3O2.ClH/c1-2-10-3-5-11(6-4-10)13-16-14(19-17-13)12-9-15-7-8-18-12;/h3-6,12,15H,2,7-9H2,1H3;1H/t12-;/m1./s1. The number of rotatable bonds is 3. The summed E-state index contributed by atoms with van der Waals surface area (Å²) in [6.07, 6.45) is 0.893. The Hall–Kier alpha value is -1.43. The summed E-state index contributed by atoms with van der Waals surface area (Å²) >= 11 is 0. The first kappa shape index (κ1) is 15.0. The summed E-state index contributed by atoms with van der Waals surface area (Å²) in [5.74, 6) is 1.16. The first-order valence-electron chi connectivity index (χ1n) is 6.62. The molecule has 0 amide bonds. The Labute approximate surface area is 124 Å². The summed E-state index contributed by atoms with van der Waals surface area (Å²) in [5.41, 5.74) is 2.27. The lowest BCUT2D eigenvalue weighted by molar-refractivity contribution is 0.00755. The first-order valence-corrected chi connectivity index (χ1v) is 6.62. The van der Waals surface area contributed by atoms with Gasteiger partial charge in [-0.3, -0.25) is 0 Å². The van der Waals surface area contributed by atoms with Gasteiger partial charge in [0.25, 0.3) is 5.89 Å². The van der Waals surface area contributed by atoms with Crippen LogP contribution in [0.4, 0.5) is 0 Å². The maximum atomic E-state index is 5.59. The summed E-state index contributed by atoms with van der Waals surface area (Å²) in [4.78, 5) is 4.42. The fourth-order valence-electron chi connectivity index (χ4n) is 2.10. The van der Waals surface area contributed by atoms with Crippen LogP contribution in [0.3, 0.4) is 0 Å². The lowest BCUT2D eigenvalue weighted by Crippen LogP contribution is -2.33. The number of aromatic nitrogens is 2. The molecular weight excluding hydrogens is 278 g/mol. The summed E-state index contributed by atoms with van der Waals surface area (Å²) < 4.78 is 10.9.